The summed E-state index contributed by atoms with van der Waals surface area (Å²) in [6.07, 6.45) is 0.211. The normalized spacial score (nSPS) is 19.5. The second-order valence-electron chi connectivity index (χ2n) is 4.59. The van der Waals surface area contributed by atoms with E-state index in [-0.39, 0.29) is 17.7 Å². The van der Waals surface area contributed by atoms with Crippen molar-refractivity contribution in [3.8, 4) is 5.75 Å². The first-order valence-corrected chi connectivity index (χ1v) is 6.18. The standard InChI is InChI=1S/C13H14N2O6/c1-20-7-3-4-10(8(5-7)13(17)21-2)14-12(16)9-6-11(9)15(18)19/h3-5,9,11H,6H2,1-2H3,(H,14,16). The molecule has 2 rings (SSSR count). The van der Waals surface area contributed by atoms with Crippen molar-refractivity contribution in [3.63, 3.8) is 0 Å². The van der Waals surface area contributed by atoms with Crippen LogP contribution in [0.5, 0.6) is 5.75 Å². The SMILES string of the molecule is COC(=O)c1cc(OC)ccc1NC(=O)C1CC1[N+](=O)[O-]. The first-order chi connectivity index (χ1) is 9.97. The van der Waals surface area contributed by atoms with Gasteiger partial charge in [-0.25, -0.2) is 4.79 Å². The van der Waals surface area contributed by atoms with Crippen LogP contribution >= 0.6 is 0 Å². The Morgan fingerprint density at radius 2 is 2.10 bits per heavy atom. The maximum atomic E-state index is 11.9. The molecule has 0 spiro atoms. The van der Waals surface area contributed by atoms with Crippen molar-refractivity contribution in [2.75, 3.05) is 19.5 Å². The minimum atomic E-state index is -0.843. The molecule has 1 fully saturated rings. The van der Waals surface area contributed by atoms with Crippen molar-refractivity contribution in [1.29, 1.82) is 0 Å². The molecule has 1 aromatic rings. The number of nitrogens with zero attached hydrogens (tertiary/aromatic N) is 1. The van der Waals surface area contributed by atoms with Crippen molar-refractivity contribution in [2.24, 2.45) is 5.92 Å². The molecule has 8 heteroatoms. The number of esters is 1. The monoisotopic (exact) mass is 294 g/mol. The number of nitrogens with one attached hydrogen (secondary N) is 1. The topological polar surface area (TPSA) is 108 Å². The maximum Gasteiger partial charge on any atom is 0.340 e. The molecule has 1 aromatic carbocycles. The lowest BCUT2D eigenvalue weighted by atomic mass is 10.1. The fourth-order valence-corrected chi connectivity index (χ4v) is 1.96. The molecule has 0 radical (unpaired) electrons. The summed E-state index contributed by atoms with van der Waals surface area (Å²) in [5.74, 6) is -1.34. The lowest BCUT2D eigenvalue weighted by molar-refractivity contribution is -0.497. The molecule has 0 heterocycles. The summed E-state index contributed by atoms with van der Waals surface area (Å²) in [4.78, 5) is 33.7. The number of amides is 1. The van der Waals surface area contributed by atoms with E-state index in [0.29, 0.717) is 5.75 Å². The van der Waals surface area contributed by atoms with E-state index in [0.717, 1.165) is 0 Å². The predicted octanol–water partition coefficient (Wildman–Crippen LogP) is 1.09. The molecule has 112 valence electrons. The summed E-state index contributed by atoms with van der Waals surface area (Å²) in [5, 5.41) is 13.1. The highest BCUT2D eigenvalue weighted by molar-refractivity contribution is 6.03. The Bertz CT molecular complexity index is 600. The maximum absolute atomic E-state index is 11.9. The van der Waals surface area contributed by atoms with Gasteiger partial charge in [-0.15, -0.1) is 0 Å². The van der Waals surface area contributed by atoms with Crippen LogP contribution in [-0.4, -0.2) is 37.1 Å². The van der Waals surface area contributed by atoms with E-state index < -0.39 is 28.8 Å². The Morgan fingerprint density at radius 3 is 2.62 bits per heavy atom. The van der Waals surface area contributed by atoms with E-state index in [4.69, 9.17) is 4.74 Å². The van der Waals surface area contributed by atoms with E-state index in [9.17, 15) is 19.7 Å². The zero-order valence-electron chi connectivity index (χ0n) is 11.5. The lowest BCUT2D eigenvalue weighted by Gasteiger charge is -2.10. The highest BCUT2D eigenvalue weighted by Gasteiger charge is 2.53. The Labute approximate surface area is 120 Å². The second-order valence-corrected chi connectivity index (χ2v) is 4.59. The van der Waals surface area contributed by atoms with Gasteiger partial charge in [-0.3, -0.25) is 14.9 Å². The molecular formula is C13H14N2O6. The van der Waals surface area contributed by atoms with Crippen molar-refractivity contribution >= 4 is 17.6 Å². The van der Waals surface area contributed by atoms with Gasteiger partial charge in [0.2, 0.25) is 11.9 Å². The predicted molar refractivity (Wildman–Crippen MR) is 71.9 cm³/mol. The van der Waals surface area contributed by atoms with Gasteiger partial charge >= 0.3 is 5.97 Å². The van der Waals surface area contributed by atoms with Crippen LogP contribution in [-0.2, 0) is 9.53 Å². The molecular weight excluding hydrogens is 280 g/mol. The van der Waals surface area contributed by atoms with Crippen LogP contribution in [0.1, 0.15) is 16.8 Å². The number of rotatable bonds is 5. The van der Waals surface area contributed by atoms with Crippen molar-refractivity contribution in [2.45, 2.75) is 12.5 Å². The van der Waals surface area contributed by atoms with Gasteiger partial charge in [0.25, 0.3) is 0 Å². The number of ether oxygens (including phenoxy) is 2. The quantitative estimate of drug-likeness (QED) is 0.494. The third kappa shape index (κ3) is 3.10. The Hall–Kier alpha value is -2.64. The van der Waals surface area contributed by atoms with Gasteiger partial charge in [-0.2, -0.15) is 0 Å². The minimum absolute atomic E-state index is 0.128. The van der Waals surface area contributed by atoms with Gasteiger partial charge in [0.1, 0.15) is 11.7 Å². The van der Waals surface area contributed by atoms with Crippen molar-refractivity contribution < 1.29 is 24.0 Å². The Balaban J connectivity index is 2.18. The minimum Gasteiger partial charge on any atom is -0.497 e. The van der Waals surface area contributed by atoms with E-state index in [1.807, 2.05) is 0 Å². The number of carbonyl (C=O) groups is 2. The molecule has 0 bridgehead atoms. The van der Waals surface area contributed by atoms with Crippen LogP contribution in [0.2, 0.25) is 0 Å². The molecule has 2 atom stereocenters. The van der Waals surface area contributed by atoms with Gasteiger partial charge in [0.15, 0.2) is 0 Å². The summed E-state index contributed by atoms with van der Waals surface area (Å²) < 4.78 is 9.65. The molecule has 0 aliphatic heterocycles. The number of hydrogen-bond donors (Lipinski definition) is 1. The van der Waals surface area contributed by atoms with Gasteiger partial charge < -0.3 is 14.8 Å². The van der Waals surface area contributed by atoms with E-state index in [2.05, 4.69) is 10.1 Å². The Kier molecular flexibility index (Phi) is 4.06. The van der Waals surface area contributed by atoms with Crippen LogP contribution < -0.4 is 10.1 Å². The fourth-order valence-electron chi connectivity index (χ4n) is 1.96. The van der Waals surface area contributed by atoms with Gasteiger partial charge in [0.05, 0.1) is 25.5 Å². The van der Waals surface area contributed by atoms with Crippen LogP contribution in [0.3, 0.4) is 0 Å². The molecule has 1 aliphatic rings. The van der Waals surface area contributed by atoms with E-state index in [1.54, 1.807) is 6.07 Å². The smallest absolute Gasteiger partial charge is 0.340 e. The van der Waals surface area contributed by atoms with Crippen LogP contribution in [0.25, 0.3) is 0 Å². The highest BCUT2D eigenvalue weighted by atomic mass is 16.6. The first-order valence-electron chi connectivity index (χ1n) is 6.18. The summed E-state index contributed by atoms with van der Waals surface area (Å²) >= 11 is 0. The largest absolute Gasteiger partial charge is 0.497 e. The summed E-state index contributed by atoms with van der Waals surface area (Å²) in [6.45, 7) is 0. The number of benzene rings is 1. The zero-order chi connectivity index (χ0) is 15.6. The van der Waals surface area contributed by atoms with Gasteiger partial charge in [0, 0.05) is 11.3 Å². The molecule has 1 aliphatic carbocycles. The number of anilines is 1. The highest BCUT2D eigenvalue weighted by Crippen LogP contribution is 2.34. The van der Waals surface area contributed by atoms with Gasteiger partial charge in [-0.1, -0.05) is 0 Å². The second kappa shape index (κ2) is 5.78. The zero-order valence-corrected chi connectivity index (χ0v) is 11.5. The summed E-state index contributed by atoms with van der Waals surface area (Å²) in [6, 6.07) is 3.65. The summed E-state index contributed by atoms with van der Waals surface area (Å²) in [5.41, 5.74) is 0.366. The molecule has 0 saturated heterocycles. The first kappa shape index (κ1) is 14.8. The molecule has 1 saturated carbocycles. The number of nitro groups is 1. The van der Waals surface area contributed by atoms with E-state index in [1.165, 1.54) is 26.4 Å². The molecule has 2 unspecified atom stereocenters. The van der Waals surface area contributed by atoms with E-state index >= 15 is 0 Å². The molecule has 1 amide bonds. The molecule has 8 nitrogen and oxygen atoms in total. The van der Waals surface area contributed by atoms with Crippen LogP contribution in [0.15, 0.2) is 18.2 Å². The van der Waals surface area contributed by atoms with Crippen molar-refractivity contribution in [1.82, 2.24) is 0 Å². The Morgan fingerprint density at radius 1 is 1.38 bits per heavy atom. The van der Waals surface area contributed by atoms with Crippen LogP contribution in [0, 0.1) is 16.0 Å². The molecule has 1 N–H and O–H groups in total. The van der Waals surface area contributed by atoms with Crippen molar-refractivity contribution in [3.05, 3.63) is 33.9 Å². The fraction of sp³-hybridized carbons (Fsp3) is 0.385. The average Bonchev–Trinajstić information content (AvgIpc) is 3.27. The summed E-state index contributed by atoms with van der Waals surface area (Å²) in [7, 11) is 2.66. The molecule has 0 aromatic heterocycles. The lowest BCUT2D eigenvalue weighted by Crippen LogP contribution is -2.20. The average molecular weight is 294 g/mol. The molecule has 21 heavy (non-hydrogen) atoms. The number of methoxy groups -OCH3 is 2. The van der Waals surface area contributed by atoms with Gasteiger partial charge in [-0.05, 0) is 18.2 Å². The number of hydrogen-bond acceptors (Lipinski definition) is 6. The number of carbonyl (C=O) groups excluding carboxylic acids is 2. The third-order valence-electron chi connectivity index (χ3n) is 3.25. The van der Waals surface area contributed by atoms with Crippen LogP contribution in [0.4, 0.5) is 5.69 Å². The third-order valence-corrected chi connectivity index (χ3v) is 3.25.